The summed E-state index contributed by atoms with van der Waals surface area (Å²) in [4.78, 5) is 4.28. The maximum atomic E-state index is 12.7. The minimum Gasteiger partial charge on any atom is -0.482 e. The lowest BCUT2D eigenvalue weighted by atomic mass is 10.1. The van der Waals surface area contributed by atoms with Gasteiger partial charge in [0.1, 0.15) is 5.69 Å². The Morgan fingerprint density at radius 2 is 1.56 bits per heavy atom. The van der Waals surface area contributed by atoms with Crippen LogP contribution in [0.3, 0.4) is 0 Å². The molecular weight excluding hydrogens is 378 g/mol. The average molecular weight is 392 g/mol. The van der Waals surface area contributed by atoms with E-state index in [1.807, 2.05) is 0 Å². The zero-order valence-corrected chi connectivity index (χ0v) is 14.8. The monoisotopic (exact) mass is 391 g/mol. The number of rotatable bonds is 4. The summed E-state index contributed by atoms with van der Waals surface area (Å²) in [6.45, 7) is 0. The molecule has 3 nitrogen and oxygen atoms in total. The second-order valence-electron chi connectivity index (χ2n) is 4.96. The molecule has 0 spiro atoms. The van der Waals surface area contributed by atoms with Crippen LogP contribution in [0.15, 0.2) is 47.5 Å². The smallest absolute Gasteiger partial charge is 0.416 e. The molecule has 0 aliphatic heterocycles. The normalized spacial score (nSPS) is 13.6. The van der Waals surface area contributed by atoms with E-state index in [2.05, 4.69) is 4.99 Å². The van der Waals surface area contributed by atoms with Gasteiger partial charge in [-0.3, -0.25) is 0 Å². The Bertz CT molecular complexity index is 741. The van der Waals surface area contributed by atoms with Gasteiger partial charge in [-0.05, 0) is 29.8 Å². The van der Waals surface area contributed by atoms with E-state index in [1.54, 1.807) is 18.2 Å². The first-order valence-electron chi connectivity index (χ1n) is 7.04. The van der Waals surface area contributed by atoms with Crippen LogP contribution in [0, 0.1) is 0 Å². The third kappa shape index (κ3) is 4.66. The molecule has 0 aliphatic carbocycles. The van der Waals surface area contributed by atoms with Crippen LogP contribution in [-0.4, -0.2) is 20.1 Å². The van der Waals surface area contributed by atoms with Crippen LogP contribution < -0.4 is 0 Å². The lowest BCUT2D eigenvalue weighted by Gasteiger charge is -2.18. The van der Waals surface area contributed by atoms with Gasteiger partial charge >= 0.3 is 6.18 Å². The Hall–Kier alpha value is -1.76. The first-order valence-corrected chi connectivity index (χ1v) is 7.80. The van der Waals surface area contributed by atoms with Crippen molar-refractivity contribution >= 4 is 34.8 Å². The molecule has 25 heavy (non-hydrogen) atoms. The van der Waals surface area contributed by atoms with Crippen molar-refractivity contribution in [2.75, 3.05) is 14.2 Å². The van der Waals surface area contributed by atoms with Crippen LogP contribution in [0.5, 0.6) is 0 Å². The SMILES string of the molecule is COC(=Nc1c(Cl)cccc1Cl)C(OC)c1ccc(C(F)(F)F)cc1. The Balaban J connectivity index is 2.42. The topological polar surface area (TPSA) is 30.8 Å². The van der Waals surface area contributed by atoms with E-state index in [4.69, 9.17) is 32.7 Å². The van der Waals surface area contributed by atoms with Crippen molar-refractivity contribution < 1.29 is 22.6 Å². The standard InChI is InChI=1S/C17H14Cl2F3NO2/c1-24-15(10-6-8-11(9-7-10)17(20,21)22)16(25-2)23-14-12(18)4-3-5-13(14)19/h3-9,15H,1-2H3. The van der Waals surface area contributed by atoms with Gasteiger partial charge in [-0.15, -0.1) is 0 Å². The maximum absolute atomic E-state index is 12.7. The highest BCUT2D eigenvalue weighted by molar-refractivity contribution is 6.38. The second kappa shape index (κ2) is 8.08. The van der Waals surface area contributed by atoms with E-state index in [0.717, 1.165) is 12.1 Å². The van der Waals surface area contributed by atoms with Crippen molar-refractivity contribution in [2.24, 2.45) is 4.99 Å². The highest BCUT2D eigenvalue weighted by Crippen LogP contribution is 2.35. The first-order chi connectivity index (χ1) is 11.8. The van der Waals surface area contributed by atoms with Gasteiger partial charge in [0.15, 0.2) is 6.10 Å². The fraction of sp³-hybridized carbons (Fsp3) is 0.235. The number of methoxy groups -OCH3 is 2. The number of alkyl halides is 3. The third-order valence-electron chi connectivity index (χ3n) is 3.37. The molecule has 0 aromatic heterocycles. The van der Waals surface area contributed by atoms with Crippen LogP contribution in [0.1, 0.15) is 17.2 Å². The Morgan fingerprint density at radius 3 is 2.00 bits per heavy atom. The quantitative estimate of drug-likeness (QED) is 0.467. The van der Waals surface area contributed by atoms with E-state index < -0.39 is 17.8 Å². The summed E-state index contributed by atoms with van der Waals surface area (Å²) in [5.41, 5.74) is -0.0212. The van der Waals surface area contributed by atoms with Gasteiger partial charge in [-0.25, -0.2) is 4.99 Å². The van der Waals surface area contributed by atoms with Gasteiger partial charge in [0.25, 0.3) is 0 Å². The Kier molecular flexibility index (Phi) is 6.32. The van der Waals surface area contributed by atoms with E-state index in [-0.39, 0.29) is 11.6 Å². The number of benzene rings is 2. The highest BCUT2D eigenvalue weighted by Gasteiger charge is 2.30. The van der Waals surface area contributed by atoms with E-state index in [1.165, 1.54) is 26.4 Å². The molecule has 2 aromatic rings. The summed E-state index contributed by atoms with van der Waals surface area (Å²) in [7, 11) is 2.77. The minimum absolute atomic E-state index is 0.109. The minimum atomic E-state index is -4.41. The van der Waals surface area contributed by atoms with Crippen molar-refractivity contribution in [1.29, 1.82) is 0 Å². The average Bonchev–Trinajstić information content (AvgIpc) is 2.57. The Morgan fingerprint density at radius 1 is 1.00 bits per heavy atom. The number of hydrogen-bond donors (Lipinski definition) is 0. The zero-order valence-electron chi connectivity index (χ0n) is 13.3. The summed E-state index contributed by atoms with van der Waals surface area (Å²) in [6.07, 6.45) is -5.23. The fourth-order valence-electron chi connectivity index (χ4n) is 2.14. The third-order valence-corrected chi connectivity index (χ3v) is 3.98. The predicted octanol–water partition coefficient (Wildman–Crippen LogP) is 6.08. The number of halogens is 5. The molecule has 0 heterocycles. The maximum Gasteiger partial charge on any atom is 0.416 e. The van der Waals surface area contributed by atoms with Gasteiger partial charge in [0.2, 0.25) is 5.90 Å². The van der Waals surface area contributed by atoms with E-state index in [9.17, 15) is 13.2 Å². The molecule has 0 saturated carbocycles. The molecule has 1 atom stereocenters. The molecular formula is C17H14Cl2F3NO2. The number of para-hydroxylation sites is 1. The van der Waals surface area contributed by atoms with E-state index >= 15 is 0 Å². The zero-order chi connectivity index (χ0) is 18.6. The van der Waals surface area contributed by atoms with Gasteiger partial charge in [-0.1, -0.05) is 41.4 Å². The molecule has 0 amide bonds. The molecule has 0 N–H and O–H groups in total. The van der Waals surface area contributed by atoms with Crippen molar-refractivity contribution in [3.63, 3.8) is 0 Å². The second-order valence-corrected chi connectivity index (χ2v) is 5.77. The van der Waals surface area contributed by atoms with Crippen molar-refractivity contribution in [3.8, 4) is 0 Å². The number of hydrogen-bond acceptors (Lipinski definition) is 3. The number of aliphatic imine (C=N–C) groups is 1. The van der Waals surface area contributed by atoms with Gasteiger partial charge in [0.05, 0.1) is 22.7 Å². The molecule has 0 aliphatic rings. The molecule has 0 bridgehead atoms. The molecule has 2 aromatic carbocycles. The molecule has 2 rings (SSSR count). The molecule has 134 valence electrons. The molecule has 1 unspecified atom stereocenters. The largest absolute Gasteiger partial charge is 0.482 e. The van der Waals surface area contributed by atoms with Crippen molar-refractivity contribution in [3.05, 3.63) is 63.6 Å². The summed E-state index contributed by atoms with van der Waals surface area (Å²) < 4.78 is 48.7. The van der Waals surface area contributed by atoms with Crippen molar-refractivity contribution in [2.45, 2.75) is 12.3 Å². The summed E-state index contributed by atoms with van der Waals surface area (Å²) in [6, 6.07) is 9.44. The van der Waals surface area contributed by atoms with Crippen LogP contribution in [-0.2, 0) is 15.7 Å². The van der Waals surface area contributed by atoms with Gasteiger partial charge in [0, 0.05) is 7.11 Å². The predicted molar refractivity (Wildman–Crippen MR) is 91.8 cm³/mol. The fourth-order valence-corrected chi connectivity index (χ4v) is 2.63. The molecule has 0 fully saturated rings. The summed E-state index contributed by atoms with van der Waals surface area (Å²) in [5, 5.41) is 0.619. The van der Waals surface area contributed by atoms with Crippen LogP contribution in [0.4, 0.5) is 18.9 Å². The van der Waals surface area contributed by atoms with Gasteiger partial charge < -0.3 is 9.47 Å². The highest BCUT2D eigenvalue weighted by atomic mass is 35.5. The van der Waals surface area contributed by atoms with Crippen LogP contribution >= 0.6 is 23.2 Å². The molecule has 0 saturated heterocycles. The molecule has 0 radical (unpaired) electrons. The van der Waals surface area contributed by atoms with Crippen LogP contribution in [0.2, 0.25) is 10.0 Å². The van der Waals surface area contributed by atoms with Gasteiger partial charge in [-0.2, -0.15) is 13.2 Å². The lowest BCUT2D eigenvalue weighted by molar-refractivity contribution is -0.137. The van der Waals surface area contributed by atoms with Crippen molar-refractivity contribution in [1.82, 2.24) is 0 Å². The number of nitrogens with zero attached hydrogens (tertiary/aromatic N) is 1. The molecule has 8 heteroatoms. The first kappa shape index (κ1) is 19.6. The Labute approximate surface area is 153 Å². The van der Waals surface area contributed by atoms with E-state index in [0.29, 0.717) is 15.6 Å². The number of ether oxygens (including phenoxy) is 2. The lowest BCUT2D eigenvalue weighted by Crippen LogP contribution is -2.17. The summed E-state index contributed by atoms with van der Waals surface area (Å²) in [5.74, 6) is 0.109. The van der Waals surface area contributed by atoms with Crippen LogP contribution in [0.25, 0.3) is 0 Å². The summed E-state index contributed by atoms with van der Waals surface area (Å²) >= 11 is 12.2.